The molecule has 0 aromatic carbocycles. The molecule has 0 atom stereocenters. The Kier molecular flexibility index (Phi) is 7.27. The van der Waals surface area contributed by atoms with E-state index < -0.39 is 23.3 Å². The van der Waals surface area contributed by atoms with E-state index in [-0.39, 0.29) is 31.7 Å². The van der Waals surface area contributed by atoms with Crippen molar-refractivity contribution in [3.8, 4) is 0 Å². The minimum Gasteiger partial charge on any atom is -0.481 e. The average molecular weight is 287 g/mol. The summed E-state index contributed by atoms with van der Waals surface area (Å²) in [6, 6.07) is -0.706. The van der Waals surface area contributed by atoms with Gasteiger partial charge in [0.15, 0.2) is 0 Å². The van der Waals surface area contributed by atoms with E-state index in [0.717, 1.165) is 0 Å². The number of imide groups is 1. The molecular weight excluding hydrogens is 266 g/mol. The molecule has 0 spiro atoms. The third-order valence-corrected chi connectivity index (χ3v) is 2.58. The van der Waals surface area contributed by atoms with Crippen molar-refractivity contribution in [3.63, 3.8) is 0 Å². The normalized spacial score (nSPS) is 10.6. The number of hydrogen-bond donors (Lipinski definition) is 4. The monoisotopic (exact) mass is 287 g/mol. The Morgan fingerprint density at radius 3 is 2.20 bits per heavy atom. The molecular formula is C12H21N3O5. The van der Waals surface area contributed by atoms with E-state index in [0.29, 0.717) is 0 Å². The van der Waals surface area contributed by atoms with Crippen LogP contribution in [0.4, 0.5) is 4.79 Å². The summed E-state index contributed by atoms with van der Waals surface area (Å²) in [5.74, 6) is -1.78. The number of urea groups is 1. The molecule has 0 rings (SSSR count). The lowest BCUT2D eigenvalue weighted by molar-refractivity contribution is -0.137. The van der Waals surface area contributed by atoms with Gasteiger partial charge < -0.3 is 15.7 Å². The smallest absolute Gasteiger partial charge is 0.321 e. The molecule has 8 heteroatoms. The first kappa shape index (κ1) is 17.9. The molecule has 0 radical (unpaired) electrons. The Bertz CT molecular complexity index is 393. The Balaban J connectivity index is 4.02. The van der Waals surface area contributed by atoms with Crippen molar-refractivity contribution in [1.82, 2.24) is 16.0 Å². The summed E-state index contributed by atoms with van der Waals surface area (Å²) in [6.45, 7) is 3.38. The number of carbonyl (C=O) groups excluding carboxylic acids is 3. The standard InChI is InChI=1S/C12H21N3O5/c1-12(2,10(19)13-3)7-14-11(20)15-8(16)5-4-6-9(17)18/h4-7H2,1-3H3,(H,13,19)(H,17,18)(H2,14,15,16,20). The summed E-state index contributed by atoms with van der Waals surface area (Å²) in [4.78, 5) is 44.4. The van der Waals surface area contributed by atoms with E-state index in [2.05, 4.69) is 16.0 Å². The molecule has 0 aromatic rings. The van der Waals surface area contributed by atoms with Crippen LogP contribution in [0.5, 0.6) is 0 Å². The maximum atomic E-state index is 11.5. The zero-order valence-electron chi connectivity index (χ0n) is 11.9. The van der Waals surface area contributed by atoms with Gasteiger partial charge >= 0.3 is 12.0 Å². The van der Waals surface area contributed by atoms with E-state index in [4.69, 9.17) is 5.11 Å². The summed E-state index contributed by atoms with van der Waals surface area (Å²) in [7, 11) is 1.50. The third-order valence-electron chi connectivity index (χ3n) is 2.58. The minimum absolute atomic E-state index is 0.0431. The van der Waals surface area contributed by atoms with Crippen LogP contribution in [0.3, 0.4) is 0 Å². The van der Waals surface area contributed by atoms with Gasteiger partial charge in [-0.2, -0.15) is 0 Å². The summed E-state index contributed by atoms with van der Waals surface area (Å²) in [5.41, 5.74) is -0.793. The first-order valence-electron chi connectivity index (χ1n) is 6.20. The Hall–Kier alpha value is -2.12. The SMILES string of the molecule is CNC(=O)C(C)(C)CNC(=O)NC(=O)CCCC(=O)O. The van der Waals surface area contributed by atoms with Crippen LogP contribution < -0.4 is 16.0 Å². The minimum atomic E-state index is -0.991. The number of hydrogen-bond acceptors (Lipinski definition) is 4. The molecule has 8 nitrogen and oxygen atoms in total. The summed E-state index contributed by atoms with van der Waals surface area (Å²) < 4.78 is 0. The molecule has 0 saturated heterocycles. The van der Waals surface area contributed by atoms with Crippen LogP contribution >= 0.6 is 0 Å². The van der Waals surface area contributed by atoms with Gasteiger partial charge in [-0.05, 0) is 20.3 Å². The summed E-state index contributed by atoms with van der Waals surface area (Å²) in [6.07, 6.45) is -0.00448. The molecule has 0 aliphatic heterocycles. The van der Waals surface area contributed by atoms with Gasteiger partial charge in [-0.1, -0.05) is 0 Å². The van der Waals surface area contributed by atoms with Crippen LogP contribution in [0.15, 0.2) is 0 Å². The largest absolute Gasteiger partial charge is 0.481 e. The summed E-state index contributed by atoms with van der Waals surface area (Å²) >= 11 is 0. The number of nitrogens with one attached hydrogen (secondary N) is 3. The maximum absolute atomic E-state index is 11.5. The van der Waals surface area contributed by atoms with E-state index in [1.807, 2.05) is 0 Å². The van der Waals surface area contributed by atoms with Crippen LogP contribution in [-0.2, 0) is 14.4 Å². The fourth-order valence-electron chi connectivity index (χ4n) is 1.35. The molecule has 0 unspecified atom stereocenters. The zero-order chi connectivity index (χ0) is 15.8. The second kappa shape index (κ2) is 8.13. The highest BCUT2D eigenvalue weighted by Crippen LogP contribution is 2.12. The van der Waals surface area contributed by atoms with Gasteiger partial charge in [0.25, 0.3) is 0 Å². The number of carboxylic acids is 1. The lowest BCUT2D eigenvalue weighted by atomic mass is 9.92. The topological polar surface area (TPSA) is 125 Å². The molecule has 0 saturated carbocycles. The fraction of sp³-hybridized carbons (Fsp3) is 0.667. The third kappa shape index (κ3) is 7.34. The average Bonchev–Trinajstić information content (AvgIpc) is 2.34. The molecule has 0 fully saturated rings. The molecule has 20 heavy (non-hydrogen) atoms. The van der Waals surface area contributed by atoms with Gasteiger partial charge in [-0.3, -0.25) is 19.7 Å². The van der Waals surface area contributed by atoms with Crippen molar-refractivity contribution in [2.45, 2.75) is 33.1 Å². The second-order valence-corrected chi connectivity index (χ2v) is 4.94. The molecule has 0 aliphatic rings. The summed E-state index contributed by atoms with van der Waals surface area (Å²) in [5, 5.41) is 15.4. The van der Waals surface area contributed by atoms with Gasteiger partial charge in [-0.25, -0.2) is 4.79 Å². The number of aliphatic carboxylic acids is 1. The number of rotatable bonds is 7. The first-order valence-corrected chi connectivity index (χ1v) is 6.20. The maximum Gasteiger partial charge on any atom is 0.321 e. The highest BCUT2D eigenvalue weighted by Gasteiger charge is 2.27. The van der Waals surface area contributed by atoms with Crippen molar-refractivity contribution in [2.24, 2.45) is 5.41 Å². The highest BCUT2D eigenvalue weighted by atomic mass is 16.4. The first-order chi connectivity index (χ1) is 9.19. The molecule has 4 N–H and O–H groups in total. The Morgan fingerprint density at radius 1 is 1.10 bits per heavy atom. The van der Waals surface area contributed by atoms with Gasteiger partial charge in [0, 0.05) is 26.4 Å². The zero-order valence-corrected chi connectivity index (χ0v) is 11.9. The van der Waals surface area contributed by atoms with Crippen LogP contribution in [0.1, 0.15) is 33.1 Å². The quantitative estimate of drug-likeness (QED) is 0.518. The van der Waals surface area contributed by atoms with Gasteiger partial charge in [0.2, 0.25) is 11.8 Å². The van der Waals surface area contributed by atoms with Crippen molar-refractivity contribution in [1.29, 1.82) is 0 Å². The van der Waals surface area contributed by atoms with Gasteiger partial charge in [-0.15, -0.1) is 0 Å². The molecule has 0 bridgehead atoms. The van der Waals surface area contributed by atoms with E-state index >= 15 is 0 Å². The molecule has 0 heterocycles. The van der Waals surface area contributed by atoms with Crippen LogP contribution in [0, 0.1) is 5.41 Å². The lowest BCUT2D eigenvalue weighted by Crippen LogP contribution is -2.47. The van der Waals surface area contributed by atoms with Gasteiger partial charge in [0.1, 0.15) is 0 Å². The van der Waals surface area contributed by atoms with Crippen LogP contribution in [0.2, 0.25) is 0 Å². The molecule has 4 amide bonds. The number of amides is 4. The van der Waals surface area contributed by atoms with Crippen molar-refractivity contribution in [2.75, 3.05) is 13.6 Å². The molecule has 0 aliphatic carbocycles. The van der Waals surface area contributed by atoms with Crippen LogP contribution in [-0.4, -0.2) is 42.5 Å². The lowest BCUT2D eigenvalue weighted by Gasteiger charge is -2.22. The number of carbonyl (C=O) groups is 4. The van der Waals surface area contributed by atoms with Crippen molar-refractivity contribution < 1.29 is 24.3 Å². The molecule has 0 aromatic heterocycles. The van der Waals surface area contributed by atoms with Gasteiger partial charge in [0.05, 0.1) is 5.41 Å². The number of carboxylic acid groups (broad SMARTS) is 1. The Labute approximate surface area is 117 Å². The predicted octanol–water partition coefficient (Wildman–Crippen LogP) is -0.161. The van der Waals surface area contributed by atoms with E-state index in [9.17, 15) is 19.2 Å². The van der Waals surface area contributed by atoms with Crippen LogP contribution in [0.25, 0.3) is 0 Å². The van der Waals surface area contributed by atoms with E-state index in [1.54, 1.807) is 13.8 Å². The predicted molar refractivity (Wildman–Crippen MR) is 70.9 cm³/mol. The second-order valence-electron chi connectivity index (χ2n) is 4.94. The van der Waals surface area contributed by atoms with Crippen molar-refractivity contribution >= 4 is 23.8 Å². The fourth-order valence-corrected chi connectivity index (χ4v) is 1.35. The van der Waals surface area contributed by atoms with Crippen molar-refractivity contribution in [3.05, 3.63) is 0 Å². The Morgan fingerprint density at radius 2 is 1.70 bits per heavy atom. The highest BCUT2D eigenvalue weighted by molar-refractivity contribution is 5.94. The van der Waals surface area contributed by atoms with E-state index in [1.165, 1.54) is 7.05 Å². The molecule has 114 valence electrons.